The van der Waals surface area contributed by atoms with Gasteiger partial charge in [-0.3, -0.25) is 0 Å². The van der Waals surface area contributed by atoms with Crippen LogP contribution < -0.4 is 0 Å². The fourth-order valence-electron chi connectivity index (χ4n) is 2.56. The maximum atomic E-state index is 9.06. The molecule has 0 aromatic carbocycles. The predicted octanol–water partition coefficient (Wildman–Crippen LogP) is 3.66. The van der Waals surface area contributed by atoms with Crippen LogP contribution in [-0.2, 0) is 14.2 Å². The second kappa shape index (κ2) is 13.5. The van der Waals surface area contributed by atoms with Gasteiger partial charge in [0.25, 0.3) is 0 Å². The first kappa shape index (κ1) is 18.9. The summed E-state index contributed by atoms with van der Waals surface area (Å²) in [5, 5.41) is 9.06. The van der Waals surface area contributed by atoms with Crippen molar-refractivity contribution in [2.24, 2.45) is 0 Å². The van der Waals surface area contributed by atoms with E-state index in [0.29, 0.717) is 13.2 Å². The van der Waals surface area contributed by atoms with Gasteiger partial charge in [0, 0.05) is 13.0 Å². The average Bonchev–Trinajstić information content (AvgIpc) is 2.53. The largest absolute Gasteiger partial charge is 0.394 e. The predicted molar refractivity (Wildman–Crippen MR) is 84.4 cm³/mol. The zero-order chi connectivity index (χ0) is 15.2. The van der Waals surface area contributed by atoms with Gasteiger partial charge in [0.05, 0.1) is 25.9 Å². The summed E-state index contributed by atoms with van der Waals surface area (Å²) in [4.78, 5) is 0. The molecule has 0 bridgehead atoms. The van der Waals surface area contributed by atoms with Crippen LogP contribution in [0.15, 0.2) is 0 Å². The van der Waals surface area contributed by atoms with Crippen LogP contribution >= 0.6 is 0 Å². The van der Waals surface area contributed by atoms with E-state index < -0.39 is 0 Å². The van der Waals surface area contributed by atoms with E-state index in [1.807, 2.05) is 0 Å². The van der Waals surface area contributed by atoms with E-state index in [1.54, 1.807) is 0 Å². The van der Waals surface area contributed by atoms with Gasteiger partial charge in [0.15, 0.2) is 6.29 Å². The van der Waals surface area contributed by atoms with Crippen molar-refractivity contribution >= 4 is 0 Å². The summed E-state index contributed by atoms with van der Waals surface area (Å²) in [6.07, 6.45) is 11.9. The Bertz CT molecular complexity index is 223. The third-order valence-corrected chi connectivity index (χ3v) is 3.93. The number of ether oxygens (including phenoxy) is 3. The lowest BCUT2D eigenvalue weighted by Gasteiger charge is -2.29. The Labute approximate surface area is 130 Å². The zero-order valence-electron chi connectivity index (χ0n) is 13.7. The maximum Gasteiger partial charge on any atom is 0.160 e. The van der Waals surface area contributed by atoms with E-state index in [1.165, 1.54) is 44.9 Å². The molecule has 1 heterocycles. The Morgan fingerprint density at radius 2 is 1.71 bits per heavy atom. The van der Waals surface area contributed by atoms with E-state index in [0.717, 1.165) is 25.9 Å². The van der Waals surface area contributed by atoms with Crippen molar-refractivity contribution in [3.63, 3.8) is 0 Å². The highest BCUT2D eigenvalue weighted by atomic mass is 16.7. The molecule has 0 unspecified atom stereocenters. The van der Waals surface area contributed by atoms with Gasteiger partial charge >= 0.3 is 0 Å². The van der Waals surface area contributed by atoms with Gasteiger partial charge in [-0.05, 0) is 12.8 Å². The van der Waals surface area contributed by atoms with Gasteiger partial charge in [0.2, 0.25) is 0 Å². The molecule has 2 atom stereocenters. The fraction of sp³-hybridized carbons (Fsp3) is 1.00. The molecule has 1 aliphatic rings. The molecule has 0 aromatic heterocycles. The summed E-state index contributed by atoms with van der Waals surface area (Å²) in [6, 6.07) is 0. The molecule has 0 radical (unpaired) electrons. The lowest BCUT2D eigenvalue weighted by molar-refractivity contribution is -0.225. The summed E-state index contributed by atoms with van der Waals surface area (Å²) in [7, 11) is 0. The van der Waals surface area contributed by atoms with E-state index in [4.69, 9.17) is 19.3 Å². The fourth-order valence-corrected chi connectivity index (χ4v) is 2.56. The van der Waals surface area contributed by atoms with Crippen LogP contribution in [0.4, 0.5) is 0 Å². The second-order valence-electron chi connectivity index (χ2n) is 5.91. The molecule has 126 valence electrons. The van der Waals surface area contributed by atoms with Gasteiger partial charge in [-0.2, -0.15) is 0 Å². The molecule has 4 heteroatoms. The van der Waals surface area contributed by atoms with E-state index in [2.05, 4.69) is 6.92 Å². The number of aliphatic hydroxyl groups excluding tert-OH is 1. The molecule has 0 aliphatic carbocycles. The van der Waals surface area contributed by atoms with Crippen LogP contribution in [0.2, 0.25) is 0 Å². The Morgan fingerprint density at radius 1 is 1.00 bits per heavy atom. The number of unbranched alkanes of at least 4 members (excludes halogenated alkanes) is 7. The summed E-state index contributed by atoms with van der Waals surface area (Å²) >= 11 is 0. The number of aliphatic hydroxyl groups is 1. The molecule has 0 amide bonds. The minimum atomic E-state index is -0.200. The van der Waals surface area contributed by atoms with E-state index in [-0.39, 0.29) is 19.0 Å². The van der Waals surface area contributed by atoms with E-state index >= 15 is 0 Å². The highest BCUT2D eigenvalue weighted by molar-refractivity contribution is 4.62. The molecular weight excluding hydrogens is 268 g/mol. The minimum Gasteiger partial charge on any atom is -0.394 e. The topological polar surface area (TPSA) is 47.9 Å². The lowest BCUT2D eigenvalue weighted by atomic mass is 10.1. The molecule has 21 heavy (non-hydrogen) atoms. The standard InChI is InChI=1S/C17H34O4/c1-2-3-4-5-6-7-8-9-12-19-13-11-17-20-14-10-16(15-18)21-17/h16-18H,2-15H2,1H3/t16-,17+/m1/s1. The molecule has 1 aliphatic heterocycles. The number of hydrogen-bond acceptors (Lipinski definition) is 4. The van der Waals surface area contributed by atoms with Gasteiger partial charge < -0.3 is 19.3 Å². The van der Waals surface area contributed by atoms with Crippen LogP contribution in [0, 0.1) is 0 Å². The zero-order valence-corrected chi connectivity index (χ0v) is 13.7. The van der Waals surface area contributed by atoms with Gasteiger partial charge in [-0.1, -0.05) is 51.9 Å². The molecule has 1 saturated heterocycles. The third-order valence-electron chi connectivity index (χ3n) is 3.93. The Balaban J connectivity index is 1.80. The Kier molecular flexibility index (Phi) is 12.1. The van der Waals surface area contributed by atoms with Crippen molar-refractivity contribution in [3.05, 3.63) is 0 Å². The van der Waals surface area contributed by atoms with Crippen LogP contribution in [0.3, 0.4) is 0 Å². The molecule has 0 aromatic rings. The smallest absolute Gasteiger partial charge is 0.160 e. The van der Waals surface area contributed by atoms with Crippen LogP contribution in [0.5, 0.6) is 0 Å². The normalized spacial score (nSPS) is 22.6. The highest BCUT2D eigenvalue weighted by Gasteiger charge is 2.21. The first-order valence-corrected chi connectivity index (χ1v) is 8.82. The molecule has 1 N–H and O–H groups in total. The maximum absolute atomic E-state index is 9.06. The molecule has 4 nitrogen and oxygen atoms in total. The highest BCUT2D eigenvalue weighted by Crippen LogP contribution is 2.14. The Hall–Kier alpha value is -0.160. The van der Waals surface area contributed by atoms with Crippen LogP contribution in [0.1, 0.15) is 71.1 Å². The van der Waals surface area contributed by atoms with Crippen LogP contribution in [0.25, 0.3) is 0 Å². The van der Waals surface area contributed by atoms with Crippen molar-refractivity contribution in [2.75, 3.05) is 26.4 Å². The van der Waals surface area contributed by atoms with Crippen molar-refractivity contribution in [2.45, 2.75) is 83.5 Å². The monoisotopic (exact) mass is 302 g/mol. The summed E-state index contributed by atoms with van der Waals surface area (Å²) in [5.41, 5.74) is 0. The minimum absolute atomic E-state index is 0.0588. The summed E-state index contributed by atoms with van der Waals surface area (Å²) < 4.78 is 16.7. The first-order chi connectivity index (χ1) is 10.4. The molecule has 0 spiro atoms. The lowest BCUT2D eigenvalue weighted by Crippen LogP contribution is -2.35. The summed E-state index contributed by atoms with van der Waals surface area (Å²) in [6.45, 7) is 4.53. The van der Waals surface area contributed by atoms with Crippen LogP contribution in [-0.4, -0.2) is 43.9 Å². The van der Waals surface area contributed by atoms with Crippen molar-refractivity contribution < 1.29 is 19.3 Å². The third kappa shape index (κ3) is 10.2. The summed E-state index contributed by atoms with van der Waals surface area (Å²) in [5.74, 6) is 0. The van der Waals surface area contributed by atoms with Gasteiger partial charge in [-0.15, -0.1) is 0 Å². The molecule has 0 saturated carbocycles. The quantitative estimate of drug-likeness (QED) is 0.527. The molecule has 1 rings (SSSR count). The van der Waals surface area contributed by atoms with Crippen molar-refractivity contribution in [3.8, 4) is 0 Å². The number of rotatable bonds is 13. The second-order valence-corrected chi connectivity index (χ2v) is 5.91. The molecule has 1 fully saturated rings. The van der Waals surface area contributed by atoms with E-state index in [9.17, 15) is 0 Å². The SMILES string of the molecule is CCCCCCCCCCOCC[C@H]1OCC[C@H](CO)O1. The van der Waals surface area contributed by atoms with Gasteiger partial charge in [-0.25, -0.2) is 0 Å². The van der Waals surface area contributed by atoms with Crippen molar-refractivity contribution in [1.82, 2.24) is 0 Å². The Morgan fingerprint density at radius 3 is 2.43 bits per heavy atom. The van der Waals surface area contributed by atoms with Gasteiger partial charge in [0.1, 0.15) is 0 Å². The van der Waals surface area contributed by atoms with Crippen molar-refractivity contribution in [1.29, 1.82) is 0 Å². The number of hydrogen-bond donors (Lipinski definition) is 1. The molecular formula is C17H34O4. The first-order valence-electron chi connectivity index (χ1n) is 8.82. The average molecular weight is 302 g/mol.